The third-order valence-electron chi connectivity index (χ3n) is 3.39. The number of carbonyl (C=O) groups is 2. The molecule has 0 bridgehead atoms. The first-order valence-electron chi connectivity index (χ1n) is 7.85. The van der Waals surface area contributed by atoms with E-state index in [1.807, 2.05) is 13.8 Å². The van der Waals surface area contributed by atoms with Crippen molar-refractivity contribution in [2.45, 2.75) is 26.7 Å². The van der Waals surface area contributed by atoms with Crippen molar-refractivity contribution in [1.29, 1.82) is 0 Å². The summed E-state index contributed by atoms with van der Waals surface area (Å²) < 4.78 is 10.4. The van der Waals surface area contributed by atoms with Gasteiger partial charge in [-0.3, -0.25) is 9.59 Å². The van der Waals surface area contributed by atoms with E-state index in [9.17, 15) is 9.59 Å². The molecule has 0 aliphatic rings. The lowest BCUT2D eigenvalue weighted by molar-refractivity contribution is -0.130. The largest absolute Gasteiger partial charge is 0.496 e. The Kier molecular flexibility index (Phi) is 7.94. The van der Waals surface area contributed by atoms with Crippen LogP contribution in [-0.2, 0) is 4.79 Å². The third-order valence-corrected chi connectivity index (χ3v) is 3.39. The Balaban J connectivity index is 2.78. The number of methoxy groups -OCH3 is 2. The van der Waals surface area contributed by atoms with Gasteiger partial charge in [0.2, 0.25) is 5.91 Å². The van der Waals surface area contributed by atoms with Gasteiger partial charge < -0.3 is 19.7 Å². The van der Waals surface area contributed by atoms with E-state index in [0.29, 0.717) is 30.2 Å². The summed E-state index contributed by atoms with van der Waals surface area (Å²) in [6.07, 6.45) is 1.78. The standard InChI is InChI=1S/C17H26N2O4/c1-5-10-19(11-6-2)15(20)12-18-17(21)16-13(22-3)8-7-9-14(16)23-4/h7-9H,5-6,10-12H2,1-4H3,(H,18,21). The van der Waals surface area contributed by atoms with Crippen LogP contribution in [0.3, 0.4) is 0 Å². The molecule has 1 aromatic rings. The van der Waals surface area contributed by atoms with Crippen molar-refractivity contribution in [3.05, 3.63) is 23.8 Å². The Hall–Kier alpha value is -2.24. The van der Waals surface area contributed by atoms with Crippen molar-refractivity contribution in [2.75, 3.05) is 33.9 Å². The number of benzene rings is 1. The fraction of sp³-hybridized carbons (Fsp3) is 0.529. The Bertz CT molecular complexity index is 503. The molecule has 0 fully saturated rings. The van der Waals surface area contributed by atoms with E-state index in [1.165, 1.54) is 14.2 Å². The van der Waals surface area contributed by atoms with Crippen LogP contribution in [0.4, 0.5) is 0 Å². The van der Waals surface area contributed by atoms with Gasteiger partial charge in [0.1, 0.15) is 17.1 Å². The first kappa shape index (κ1) is 18.8. The van der Waals surface area contributed by atoms with Crippen molar-refractivity contribution in [1.82, 2.24) is 10.2 Å². The monoisotopic (exact) mass is 322 g/mol. The van der Waals surface area contributed by atoms with Crippen LogP contribution in [0.25, 0.3) is 0 Å². The number of hydrogen-bond donors (Lipinski definition) is 1. The van der Waals surface area contributed by atoms with Gasteiger partial charge in [-0.05, 0) is 25.0 Å². The second-order valence-corrected chi connectivity index (χ2v) is 5.10. The summed E-state index contributed by atoms with van der Waals surface area (Å²) in [6, 6.07) is 5.10. The molecule has 0 unspecified atom stereocenters. The molecule has 0 aromatic heterocycles. The topological polar surface area (TPSA) is 67.9 Å². The molecule has 23 heavy (non-hydrogen) atoms. The highest BCUT2D eigenvalue weighted by atomic mass is 16.5. The smallest absolute Gasteiger partial charge is 0.259 e. The molecule has 1 aromatic carbocycles. The van der Waals surface area contributed by atoms with Crippen LogP contribution in [0.2, 0.25) is 0 Å². The lowest BCUT2D eigenvalue weighted by Crippen LogP contribution is -2.41. The molecular formula is C17H26N2O4. The average molecular weight is 322 g/mol. The first-order valence-corrected chi connectivity index (χ1v) is 7.85. The maximum absolute atomic E-state index is 12.4. The number of nitrogens with zero attached hydrogens (tertiary/aromatic N) is 1. The van der Waals surface area contributed by atoms with E-state index < -0.39 is 0 Å². The molecule has 1 N–H and O–H groups in total. The maximum Gasteiger partial charge on any atom is 0.259 e. The minimum Gasteiger partial charge on any atom is -0.496 e. The van der Waals surface area contributed by atoms with Gasteiger partial charge in [-0.15, -0.1) is 0 Å². The minimum atomic E-state index is -0.388. The van der Waals surface area contributed by atoms with E-state index in [1.54, 1.807) is 23.1 Å². The van der Waals surface area contributed by atoms with E-state index in [0.717, 1.165) is 12.8 Å². The van der Waals surface area contributed by atoms with Gasteiger partial charge >= 0.3 is 0 Å². The summed E-state index contributed by atoms with van der Waals surface area (Å²) in [4.78, 5) is 26.4. The highest BCUT2D eigenvalue weighted by molar-refractivity contribution is 6.01. The molecule has 2 amide bonds. The van der Waals surface area contributed by atoms with Gasteiger partial charge in [-0.1, -0.05) is 19.9 Å². The van der Waals surface area contributed by atoms with Gasteiger partial charge in [-0.25, -0.2) is 0 Å². The van der Waals surface area contributed by atoms with Crippen LogP contribution in [-0.4, -0.2) is 50.6 Å². The molecule has 1 rings (SSSR count). The molecule has 0 spiro atoms. The highest BCUT2D eigenvalue weighted by Crippen LogP contribution is 2.27. The van der Waals surface area contributed by atoms with Crippen LogP contribution < -0.4 is 14.8 Å². The van der Waals surface area contributed by atoms with Gasteiger partial charge in [0.15, 0.2) is 0 Å². The molecule has 128 valence electrons. The van der Waals surface area contributed by atoms with Gasteiger partial charge in [-0.2, -0.15) is 0 Å². The summed E-state index contributed by atoms with van der Waals surface area (Å²) in [6.45, 7) is 5.39. The predicted octanol–water partition coefficient (Wildman–Crippen LogP) is 2.08. The predicted molar refractivity (Wildman–Crippen MR) is 89.0 cm³/mol. The van der Waals surface area contributed by atoms with Gasteiger partial charge in [0.25, 0.3) is 5.91 Å². The molecular weight excluding hydrogens is 296 g/mol. The van der Waals surface area contributed by atoms with E-state index in [-0.39, 0.29) is 18.4 Å². The summed E-state index contributed by atoms with van der Waals surface area (Å²) in [5.74, 6) is 0.345. The number of carbonyl (C=O) groups excluding carboxylic acids is 2. The molecule has 6 nitrogen and oxygen atoms in total. The SMILES string of the molecule is CCCN(CCC)C(=O)CNC(=O)c1c(OC)cccc1OC. The lowest BCUT2D eigenvalue weighted by atomic mass is 10.1. The van der Waals surface area contributed by atoms with Crippen molar-refractivity contribution >= 4 is 11.8 Å². The summed E-state index contributed by atoms with van der Waals surface area (Å²) in [5, 5.41) is 2.66. The molecule has 0 saturated heterocycles. The normalized spacial score (nSPS) is 10.1. The van der Waals surface area contributed by atoms with Crippen LogP contribution in [0.15, 0.2) is 18.2 Å². The molecule has 0 aliphatic heterocycles. The average Bonchev–Trinajstić information content (AvgIpc) is 2.58. The van der Waals surface area contributed by atoms with Crippen LogP contribution >= 0.6 is 0 Å². The van der Waals surface area contributed by atoms with E-state index >= 15 is 0 Å². The first-order chi connectivity index (χ1) is 11.1. The third kappa shape index (κ3) is 5.16. The lowest BCUT2D eigenvalue weighted by Gasteiger charge is -2.21. The zero-order valence-electron chi connectivity index (χ0n) is 14.3. The Morgan fingerprint density at radius 3 is 2.00 bits per heavy atom. The Labute approximate surface area is 137 Å². The van der Waals surface area contributed by atoms with Crippen LogP contribution in [0.5, 0.6) is 11.5 Å². The summed E-state index contributed by atoms with van der Waals surface area (Å²) in [5.41, 5.74) is 0.294. The zero-order valence-corrected chi connectivity index (χ0v) is 14.3. The van der Waals surface area contributed by atoms with Crippen molar-refractivity contribution in [2.24, 2.45) is 0 Å². The second-order valence-electron chi connectivity index (χ2n) is 5.10. The Morgan fingerprint density at radius 2 is 1.57 bits per heavy atom. The summed E-state index contributed by atoms with van der Waals surface area (Å²) in [7, 11) is 2.97. The minimum absolute atomic E-state index is 0.0416. The van der Waals surface area contributed by atoms with E-state index in [4.69, 9.17) is 9.47 Å². The fourth-order valence-corrected chi connectivity index (χ4v) is 2.33. The fourth-order valence-electron chi connectivity index (χ4n) is 2.33. The Morgan fingerprint density at radius 1 is 1.04 bits per heavy atom. The number of hydrogen-bond acceptors (Lipinski definition) is 4. The molecule has 0 atom stereocenters. The molecule has 6 heteroatoms. The number of nitrogens with one attached hydrogen (secondary N) is 1. The quantitative estimate of drug-likeness (QED) is 0.756. The number of ether oxygens (including phenoxy) is 2. The highest BCUT2D eigenvalue weighted by Gasteiger charge is 2.20. The summed E-state index contributed by atoms with van der Waals surface area (Å²) >= 11 is 0. The molecule has 0 heterocycles. The second kappa shape index (κ2) is 9.71. The molecule has 0 radical (unpaired) electrons. The van der Waals surface area contributed by atoms with Gasteiger partial charge in [0.05, 0.1) is 20.8 Å². The number of amides is 2. The van der Waals surface area contributed by atoms with Gasteiger partial charge in [0, 0.05) is 13.1 Å². The molecule has 0 saturated carbocycles. The van der Waals surface area contributed by atoms with Crippen molar-refractivity contribution in [3.63, 3.8) is 0 Å². The molecule has 0 aliphatic carbocycles. The van der Waals surface area contributed by atoms with Crippen LogP contribution in [0.1, 0.15) is 37.0 Å². The van der Waals surface area contributed by atoms with Crippen molar-refractivity contribution < 1.29 is 19.1 Å². The van der Waals surface area contributed by atoms with Crippen LogP contribution in [0, 0.1) is 0 Å². The van der Waals surface area contributed by atoms with Crippen molar-refractivity contribution in [3.8, 4) is 11.5 Å². The maximum atomic E-state index is 12.4. The zero-order chi connectivity index (χ0) is 17.2. The van der Waals surface area contributed by atoms with E-state index in [2.05, 4.69) is 5.32 Å². The number of rotatable bonds is 9.